The summed E-state index contributed by atoms with van der Waals surface area (Å²) in [5.41, 5.74) is 1.27. The zero-order valence-corrected chi connectivity index (χ0v) is 13.5. The molecular weight excluding hydrogens is 286 g/mol. The average Bonchev–Trinajstić information content (AvgIpc) is 2.99. The van der Waals surface area contributed by atoms with Crippen LogP contribution >= 0.6 is 11.8 Å². The van der Waals surface area contributed by atoms with E-state index in [1.54, 1.807) is 11.8 Å². The number of hydrogen-bond acceptors (Lipinski definition) is 5. The molecule has 5 heteroatoms. The third-order valence-electron chi connectivity index (χ3n) is 4.26. The number of benzene rings is 1. The van der Waals surface area contributed by atoms with Gasteiger partial charge >= 0.3 is 0 Å². The number of hydrogen-bond donors (Lipinski definition) is 1. The molecule has 0 radical (unpaired) electrons. The molecule has 2 atom stereocenters. The van der Waals surface area contributed by atoms with Crippen LogP contribution in [0.2, 0.25) is 0 Å². The van der Waals surface area contributed by atoms with E-state index < -0.39 is 0 Å². The Morgan fingerprint density at radius 1 is 1.24 bits per heavy atom. The smallest absolute Gasteiger partial charge is 0.162 e. The van der Waals surface area contributed by atoms with Crippen LogP contribution in [-0.4, -0.2) is 38.7 Å². The van der Waals surface area contributed by atoms with Crippen LogP contribution in [0.15, 0.2) is 17.0 Å². The van der Waals surface area contributed by atoms with Crippen LogP contribution in [0.3, 0.4) is 0 Å². The molecule has 1 aromatic carbocycles. The summed E-state index contributed by atoms with van der Waals surface area (Å²) in [6.07, 6.45) is 6.04. The van der Waals surface area contributed by atoms with E-state index in [2.05, 4.69) is 23.7 Å². The fraction of sp³-hybridized carbons (Fsp3) is 0.625. The highest BCUT2D eigenvalue weighted by Crippen LogP contribution is 2.36. The van der Waals surface area contributed by atoms with Crippen molar-refractivity contribution >= 4 is 11.8 Å². The molecule has 1 aliphatic carbocycles. The van der Waals surface area contributed by atoms with Crippen LogP contribution in [0.4, 0.5) is 0 Å². The number of methoxy groups -OCH3 is 1. The number of ether oxygens (including phenoxy) is 3. The first-order valence-electron chi connectivity index (χ1n) is 7.54. The van der Waals surface area contributed by atoms with Gasteiger partial charge in [-0.1, -0.05) is 0 Å². The van der Waals surface area contributed by atoms with E-state index >= 15 is 0 Å². The van der Waals surface area contributed by atoms with Gasteiger partial charge in [-0.3, -0.25) is 0 Å². The summed E-state index contributed by atoms with van der Waals surface area (Å²) < 4.78 is 16.9. The quantitative estimate of drug-likeness (QED) is 0.847. The molecule has 3 rings (SSSR count). The molecule has 2 unspecified atom stereocenters. The summed E-state index contributed by atoms with van der Waals surface area (Å²) in [6, 6.07) is 4.67. The maximum atomic E-state index is 5.69. The predicted molar refractivity (Wildman–Crippen MR) is 84.5 cm³/mol. The van der Waals surface area contributed by atoms with Crippen LogP contribution in [0.25, 0.3) is 0 Å². The van der Waals surface area contributed by atoms with Crippen molar-refractivity contribution in [1.29, 1.82) is 0 Å². The third-order valence-corrected chi connectivity index (χ3v) is 5.08. The number of nitrogens with one attached hydrogen (secondary N) is 1. The van der Waals surface area contributed by atoms with E-state index in [0.717, 1.165) is 24.5 Å². The van der Waals surface area contributed by atoms with Gasteiger partial charge in [-0.25, -0.2) is 0 Å². The zero-order valence-electron chi connectivity index (χ0n) is 12.7. The Bertz CT molecular complexity index is 495. The summed E-state index contributed by atoms with van der Waals surface area (Å²) in [6.45, 7) is 2.11. The average molecular weight is 309 g/mol. The van der Waals surface area contributed by atoms with E-state index in [0.29, 0.717) is 25.4 Å². The Hall–Kier alpha value is -0.910. The molecule has 1 fully saturated rings. The van der Waals surface area contributed by atoms with Gasteiger partial charge in [0.1, 0.15) is 13.2 Å². The molecule has 0 amide bonds. The maximum absolute atomic E-state index is 5.69. The van der Waals surface area contributed by atoms with Crippen molar-refractivity contribution in [3.8, 4) is 11.5 Å². The summed E-state index contributed by atoms with van der Waals surface area (Å²) in [5, 5.41) is 3.65. The summed E-state index contributed by atoms with van der Waals surface area (Å²) >= 11 is 1.75. The second-order valence-corrected chi connectivity index (χ2v) is 6.35. The molecule has 1 saturated carbocycles. The summed E-state index contributed by atoms with van der Waals surface area (Å²) in [4.78, 5) is 1.25. The van der Waals surface area contributed by atoms with Crippen LogP contribution in [0.1, 0.15) is 24.8 Å². The lowest BCUT2D eigenvalue weighted by molar-refractivity contribution is 0.0846. The zero-order chi connectivity index (χ0) is 14.7. The second-order valence-electron chi connectivity index (χ2n) is 5.50. The van der Waals surface area contributed by atoms with Gasteiger partial charge < -0.3 is 19.5 Å². The highest BCUT2D eigenvalue weighted by atomic mass is 32.2. The lowest BCUT2D eigenvalue weighted by Gasteiger charge is -2.23. The number of fused-ring (bicyclic) bond motifs is 1. The highest BCUT2D eigenvalue weighted by molar-refractivity contribution is 7.98. The Balaban J connectivity index is 1.72. The van der Waals surface area contributed by atoms with Gasteiger partial charge in [0.15, 0.2) is 11.5 Å². The third kappa shape index (κ3) is 3.30. The van der Waals surface area contributed by atoms with Crippen molar-refractivity contribution in [3.05, 3.63) is 17.7 Å². The summed E-state index contributed by atoms with van der Waals surface area (Å²) in [5.74, 6) is 1.73. The molecule has 0 spiro atoms. The lowest BCUT2D eigenvalue weighted by Crippen LogP contribution is -2.36. The standard InChI is InChI=1S/C16H23NO3S/c1-18-13-5-3-4-12(13)17-10-11-8-14-15(9-16(11)21-2)20-7-6-19-14/h8-9,12-13,17H,3-7,10H2,1-2H3. The van der Waals surface area contributed by atoms with Crippen molar-refractivity contribution in [3.63, 3.8) is 0 Å². The van der Waals surface area contributed by atoms with Crippen molar-refractivity contribution in [2.24, 2.45) is 0 Å². The first-order chi connectivity index (χ1) is 10.3. The summed E-state index contributed by atoms with van der Waals surface area (Å²) in [7, 11) is 1.81. The predicted octanol–water partition coefficient (Wildman–Crippen LogP) is 2.84. The van der Waals surface area contributed by atoms with Gasteiger partial charge in [0.05, 0.1) is 6.10 Å². The normalized spacial score (nSPS) is 24.3. The fourth-order valence-corrected chi connectivity index (χ4v) is 3.74. The van der Waals surface area contributed by atoms with Gasteiger partial charge in [-0.15, -0.1) is 11.8 Å². The van der Waals surface area contributed by atoms with Crippen molar-refractivity contribution < 1.29 is 14.2 Å². The molecule has 1 heterocycles. The molecule has 21 heavy (non-hydrogen) atoms. The van der Waals surface area contributed by atoms with Gasteiger partial charge in [-0.05, 0) is 43.2 Å². The number of rotatable bonds is 5. The molecule has 1 aliphatic heterocycles. The van der Waals surface area contributed by atoms with Gasteiger partial charge in [-0.2, -0.15) is 0 Å². The van der Waals surface area contributed by atoms with Crippen LogP contribution < -0.4 is 14.8 Å². The van der Waals surface area contributed by atoms with Crippen LogP contribution in [0, 0.1) is 0 Å². The van der Waals surface area contributed by atoms with E-state index in [9.17, 15) is 0 Å². The van der Waals surface area contributed by atoms with E-state index in [4.69, 9.17) is 14.2 Å². The van der Waals surface area contributed by atoms with Crippen LogP contribution in [0.5, 0.6) is 11.5 Å². The molecular formula is C16H23NO3S. The Kier molecular flexibility index (Phi) is 4.93. The molecule has 1 aromatic rings. The molecule has 4 nitrogen and oxygen atoms in total. The molecule has 0 bridgehead atoms. The lowest BCUT2D eigenvalue weighted by atomic mass is 10.1. The Morgan fingerprint density at radius 3 is 2.71 bits per heavy atom. The van der Waals surface area contributed by atoms with E-state index in [1.165, 1.54) is 23.3 Å². The molecule has 2 aliphatic rings. The minimum atomic E-state index is 0.347. The van der Waals surface area contributed by atoms with E-state index in [-0.39, 0.29) is 0 Å². The maximum Gasteiger partial charge on any atom is 0.162 e. The molecule has 0 aromatic heterocycles. The second kappa shape index (κ2) is 6.90. The minimum Gasteiger partial charge on any atom is -0.486 e. The van der Waals surface area contributed by atoms with Crippen molar-refractivity contribution in [2.75, 3.05) is 26.6 Å². The molecule has 116 valence electrons. The monoisotopic (exact) mass is 309 g/mol. The van der Waals surface area contributed by atoms with Gasteiger partial charge in [0.25, 0.3) is 0 Å². The molecule has 1 N–H and O–H groups in total. The Labute approximate surface area is 130 Å². The first kappa shape index (κ1) is 15.0. The molecule has 0 saturated heterocycles. The largest absolute Gasteiger partial charge is 0.486 e. The first-order valence-corrected chi connectivity index (χ1v) is 8.77. The Morgan fingerprint density at radius 2 is 2.00 bits per heavy atom. The van der Waals surface area contributed by atoms with Crippen molar-refractivity contribution in [1.82, 2.24) is 5.32 Å². The number of thioether (sulfide) groups is 1. The SMILES string of the molecule is COC1CCCC1NCc1cc2c(cc1SC)OCCO2. The van der Waals surface area contributed by atoms with Gasteiger partial charge in [0, 0.05) is 24.6 Å². The van der Waals surface area contributed by atoms with Crippen LogP contribution in [-0.2, 0) is 11.3 Å². The highest BCUT2D eigenvalue weighted by Gasteiger charge is 2.26. The fourth-order valence-electron chi connectivity index (χ4n) is 3.12. The van der Waals surface area contributed by atoms with Gasteiger partial charge in [0.2, 0.25) is 0 Å². The minimum absolute atomic E-state index is 0.347. The van der Waals surface area contributed by atoms with E-state index in [1.807, 2.05) is 7.11 Å². The topological polar surface area (TPSA) is 39.7 Å². The van der Waals surface area contributed by atoms with Crippen molar-refractivity contribution in [2.45, 2.75) is 42.8 Å².